The number of hydrogen-bond acceptors (Lipinski definition) is 4. The van der Waals surface area contributed by atoms with Crippen LogP contribution in [-0.4, -0.2) is 23.0 Å². The molecule has 2 aliphatic carbocycles. The van der Waals surface area contributed by atoms with Crippen molar-refractivity contribution in [1.29, 1.82) is 0 Å². The van der Waals surface area contributed by atoms with Gasteiger partial charge in [-0.05, 0) is 72.7 Å². The monoisotopic (exact) mass is 582 g/mol. The number of rotatable bonds is 7. The van der Waals surface area contributed by atoms with Crippen molar-refractivity contribution in [2.45, 2.75) is 43.7 Å². The normalized spacial score (nSPS) is 16.1. The topological polar surface area (TPSA) is 83.1 Å². The molecule has 3 N–H and O–H groups in total. The van der Waals surface area contributed by atoms with Gasteiger partial charge in [0.25, 0.3) is 5.91 Å². The van der Waals surface area contributed by atoms with Crippen LogP contribution in [0.2, 0.25) is 5.02 Å². The van der Waals surface area contributed by atoms with Crippen molar-refractivity contribution in [3.63, 3.8) is 0 Å². The second kappa shape index (κ2) is 14.1. The molecule has 5 rings (SSSR count). The Morgan fingerprint density at radius 3 is 2.60 bits per heavy atom. The number of allylic oxidation sites excluding steroid dienone is 4. The summed E-state index contributed by atoms with van der Waals surface area (Å²) in [6, 6.07) is 18.4. The van der Waals surface area contributed by atoms with Gasteiger partial charge in [-0.1, -0.05) is 48.9 Å². The van der Waals surface area contributed by atoms with Crippen molar-refractivity contribution in [1.82, 2.24) is 20.3 Å². The third kappa shape index (κ3) is 8.93. The quantitative estimate of drug-likeness (QED) is 0.251. The number of carbonyl (C=O) groups excluding carboxylic acids is 2. The van der Waals surface area contributed by atoms with Crippen LogP contribution in [0.4, 0.5) is 13.6 Å². The molecule has 2 aromatic carbocycles. The molecule has 6 nitrogen and oxygen atoms in total. The zero-order valence-corrected chi connectivity index (χ0v) is 23.4. The van der Waals surface area contributed by atoms with Crippen LogP contribution in [0.25, 0.3) is 11.1 Å². The molecule has 1 heterocycles. The Morgan fingerprint density at radius 2 is 1.88 bits per heavy atom. The Morgan fingerprint density at radius 1 is 1.07 bits per heavy atom. The van der Waals surface area contributed by atoms with E-state index in [0.29, 0.717) is 28.7 Å². The molecule has 0 bridgehead atoms. The molecule has 0 radical (unpaired) electrons. The Labute approximate surface area is 241 Å². The van der Waals surface area contributed by atoms with Crippen LogP contribution in [0.5, 0.6) is 0 Å². The Kier molecular flexibility index (Phi) is 10.3. The van der Waals surface area contributed by atoms with Crippen molar-refractivity contribution in [3.8, 4) is 11.1 Å². The molecule has 0 aliphatic heterocycles. The van der Waals surface area contributed by atoms with Gasteiger partial charge in [-0.3, -0.25) is 14.5 Å². The molecular formula is C30H29ClF2N4O2S. The maximum Gasteiger partial charge on any atom is 0.325 e. The number of aromatic nitrogens is 1. The number of amides is 3. The van der Waals surface area contributed by atoms with E-state index in [1.54, 1.807) is 25.3 Å². The number of urea groups is 1. The van der Waals surface area contributed by atoms with E-state index in [1.165, 1.54) is 6.08 Å². The summed E-state index contributed by atoms with van der Waals surface area (Å²) in [6.45, 7) is 2.02. The second-order valence-electron chi connectivity index (χ2n) is 9.47. The van der Waals surface area contributed by atoms with Crippen molar-refractivity contribution in [2.75, 3.05) is 0 Å². The summed E-state index contributed by atoms with van der Waals surface area (Å²) >= 11 is 7.25. The van der Waals surface area contributed by atoms with Crippen LogP contribution in [0.15, 0.2) is 95.6 Å². The molecule has 1 atom stereocenters. The van der Waals surface area contributed by atoms with E-state index in [4.69, 9.17) is 11.6 Å². The van der Waals surface area contributed by atoms with Gasteiger partial charge in [-0.2, -0.15) is 0 Å². The van der Waals surface area contributed by atoms with E-state index in [2.05, 4.69) is 20.3 Å². The fraction of sp³-hybridized carbons (Fsp3) is 0.233. The molecule has 0 spiro atoms. The number of nitrogens with one attached hydrogen (secondary N) is 3. The number of hydrogen-bond donors (Lipinski definition) is 3. The van der Waals surface area contributed by atoms with Gasteiger partial charge in [-0.25, -0.2) is 13.6 Å². The Balaban J connectivity index is 0.000000350. The third-order valence-corrected chi connectivity index (χ3v) is 7.31. The zero-order chi connectivity index (χ0) is 28.5. The number of pyridine rings is 1. The standard InChI is InChI=1S/C23H21ClN4O2S.C7H8F2/c24-19-8-1-2-9-21(19)31-28-23(30)26-14-20-18(7-4-12-25-20)15-5-3-6-16(13-15)22(29)27-17-10-11-17;1-5-2-6(8)4-7(9)3-5/h1-9,12-13,17H,10-11,14H2,(H,27,29)(H2,26,28,30);2,4-5H,3H2,1H3. The van der Waals surface area contributed by atoms with Gasteiger partial charge in [0.15, 0.2) is 0 Å². The first-order chi connectivity index (χ1) is 19.3. The van der Waals surface area contributed by atoms with E-state index in [-0.39, 0.29) is 30.2 Å². The van der Waals surface area contributed by atoms with Crippen LogP contribution in [0.1, 0.15) is 42.2 Å². The van der Waals surface area contributed by atoms with E-state index < -0.39 is 5.83 Å². The fourth-order valence-corrected chi connectivity index (χ4v) is 4.73. The molecule has 1 fully saturated rings. The highest BCUT2D eigenvalue weighted by molar-refractivity contribution is 7.98. The van der Waals surface area contributed by atoms with Crippen molar-refractivity contribution >= 4 is 35.5 Å². The molecule has 1 aromatic heterocycles. The van der Waals surface area contributed by atoms with Crippen LogP contribution in [-0.2, 0) is 6.54 Å². The molecule has 1 saturated carbocycles. The van der Waals surface area contributed by atoms with Gasteiger partial charge in [-0.15, -0.1) is 0 Å². The average molecular weight is 583 g/mol. The molecule has 1 unspecified atom stereocenters. The van der Waals surface area contributed by atoms with Crippen LogP contribution in [0, 0.1) is 5.92 Å². The zero-order valence-electron chi connectivity index (χ0n) is 21.8. The van der Waals surface area contributed by atoms with Gasteiger partial charge in [0.1, 0.15) is 11.7 Å². The van der Waals surface area contributed by atoms with Crippen LogP contribution in [0.3, 0.4) is 0 Å². The lowest BCUT2D eigenvalue weighted by Gasteiger charge is -2.12. The highest BCUT2D eigenvalue weighted by atomic mass is 35.5. The molecule has 208 valence electrons. The van der Waals surface area contributed by atoms with E-state index in [9.17, 15) is 18.4 Å². The predicted molar refractivity (Wildman–Crippen MR) is 155 cm³/mol. The van der Waals surface area contributed by atoms with Crippen LogP contribution < -0.4 is 15.4 Å². The lowest BCUT2D eigenvalue weighted by molar-refractivity contribution is 0.0951. The first kappa shape index (κ1) is 29.3. The maximum absolute atomic E-state index is 12.4. The van der Waals surface area contributed by atoms with Gasteiger partial charge >= 0.3 is 6.03 Å². The molecule has 2 aliphatic rings. The first-order valence-electron chi connectivity index (χ1n) is 12.8. The summed E-state index contributed by atoms with van der Waals surface area (Å²) in [4.78, 5) is 29.8. The van der Waals surface area contributed by atoms with Crippen molar-refractivity contribution < 1.29 is 18.4 Å². The molecule has 0 saturated heterocycles. The number of carbonyl (C=O) groups is 2. The van der Waals surface area contributed by atoms with E-state index in [1.807, 2.05) is 48.5 Å². The Hall–Kier alpha value is -3.69. The second-order valence-corrected chi connectivity index (χ2v) is 10.7. The Bertz CT molecular complexity index is 1430. The van der Waals surface area contributed by atoms with E-state index >= 15 is 0 Å². The molecule has 40 heavy (non-hydrogen) atoms. The average Bonchev–Trinajstić information content (AvgIpc) is 3.75. The summed E-state index contributed by atoms with van der Waals surface area (Å²) in [6.07, 6.45) is 6.46. The van der Waals surface area contributed by atoms with Crippen molar-refractivity contribution in [2.24, 2.45) is 5.92 Å². The molecule has 3 amide bonds. The summed E-state index contributed by atoms with van der Waals surface area (Å²) in [5, 5.41) is 6.39. The number of nitrogens with zero attached hydrogens (tertiary/aromatic N) is 1. The number of halogens is 3. The number of benzene rings is 2. The summed E-state index contributed by atoms with van der Waals surface area (Å²) < 4.78 is 27.2. The highest BCUT2D eigenvalue weighted by Crippen LogP contribution is 2.26. The largest absolute Gasteiger partial charge is 0.349 e. The third-order valence-electron chi connectivity index (χ3n) is 6.00. The smallest absolute Gasteiger partial charge is 0.325 e. The van der Waals surface area contributed by atoms with Gasteiger partial charge in [0.2, 0.25) is 0 Å². The molecular weight excluding hydrogens is 554 g/mol. The van der Waals surface area contributed by atoms with Gasteiger partial charge < -0.3 is 10.6 Å². The lowest BCUT2D eigenvalue weighted by Crippen LogP contribution is -2.31. The maximum atomic E-state index is 12.4. The fourth-order valence-electron chi connectivity index (χ4n) is 3.89. The summed E-state index contributed by atoms with van der Waals surface area (Å²) in [5.41, 5.74) is 3.06. The van der Waals surface area contributed by atoms with E-state index in [0.717, 1.165) is 46.9 Å². The lowest BCUT2D eigenvalue weighted by atomic mass is 10.0. The first-order valence-corrected chi connectivity index (χ1v) is 14.0. The van der Waals surface area contributed by atoms with Gasteiger partial charge in [0, 0.05) is 40.8 Å². The van der Waals surface area contributed by atoms with Crippen LogP contribution >= 0.6 is 23.5 Å². The van der Waals surface area contributed by atoms with Crippen molar-refractivity contribution in [3.05, 3.63) is 107 Å². The minimum Gasteiger partial charge on any atom is -0.349 e. The summed E-state index contributed by atoms with van der Waals surface area (Å²) in [7, 11) is 0. The van der Waals surface area contributed by atoms with Gasteiger partial charge in [0.05, 0.1) is 17.3 Å². The SMILES string of the molecule is CC1C=C(F)C=C(F)C1.O=C(NCc1ncccc1-c1cccc(C(=O)NC2CC2)c1)NSc1ccccc1Cl. The predicted octanol–water partition coefficient (Wildman–Crippen LogP) is 7.53. The summed E-state index contributed by atoms with van der Waals surface area (Å²) in [5.74, 6) is -0.868. The minimum atomic E-state index is -0.453. The molecule has 3 aromatic rings. The molecule has 10 heteroatoms. The minimum absolute atomic E-state index is 0.00926. The highest BCUT2D eigenvalue weighted by Gasteiger charge is 2.24.